The van der Waals surface area contributed by atoms with Crippen molar-refractivity contribution in [3.05, 3.63) is 249 Å². The molecule has 0 fully saturated rings. The van der Waals surface area contributed by atoms with Crippen LogP contribution in [0.5, 0.6) is 80.5 Å². The molecule has 0 saturated carbocycles. The van der Waals surface area contributed by atoms with Crippen molar-refractivity contribution < 1.29 is 74.8 Å². The maximum atomic E-state index is 11.7. The Hall–Kier alpha value is -11.3. The first-order chi connectivity index (χ1) is 41.1. The molecule has 0 saturated heterocycles. The summed E-state index contributed by atoms with van der Waals surface area (Å²) in [5.41, 5.74) is 8.60. The van der Waals surface area contributed by atoms with Crippen LogP contribution in [0.25, 0.3) is 45.6 Å². The summed E-state index contributed by atoms with van der Waals surface area (Å²) in [6.07, 6.45) is 1.50. The molecule has 0 spiro atoms. The number of fused-ring (bicyclic) bond motifs is 4. The van der Waals surface area contributed by atoms with Crippen LogP contribution in [0.4, 0.5) is 0 Å². The maximum Gasteiger partial charge on any atom is 0.143 e. The fraction of sp³-hybridized carbons (Fsp3) is 0.0857. The van der Waals surface area contributed by atoms with Crippen molar-refractivity contribution in [2.45, 2.75) is 36.1 Å². The number of phenolic OH excluding ortho intramolecular Hbond substituents is 11. The molecule has 85 heavy (non-hydrogen) atoms. The third-order valence-corrected chi connectivity index (χ3v) is 16.2. The Balaban J connectivity index is 0.999. The van der Waals surface area contributed by atoms with Crippen LogP contribution in [0.2, 0.25) is 0 Å². The van der Waals surface area contributed by atoms with Gasteiger partial charge in [0, 0.05) is 63.5 Å². The van der Waals surface area contributed by atoms with Crippen LogP contribution >= 0.6 is 0 Å². The Morgan fingerprint density at radius 2 is 0.741 bits per heavy atom. The predicted octanol–water partition coefficient (Wildman–Crippen LogP) is 14.5. The third kappa shape index (κ3) is 9.20. The molecular weight excluding hydrogens is 1080 g/mol. The Kier molecular flexibility index (Phi) is 12.2. The highest BCUT2D eigenvalue weighted by Gasteiger charge is 2.46. The van der Waals surface area contributed by atoms with Crippen molar-refractivity contribution in [3.8, 4) is 103 Å². The molecule has 6 unspecified atom stereocenters. The van der Waals surface area contributed by atoms with Gasteiger partial charge in [0.05, 0.1) is 17.8 Å². The summed E-state index contributed by atoms with van der Waals surface area (Å²) in [7, 11) is 0. The zero-order chi connectivity index (χ0) is 58.5. The minimum atomic E-state index is -0.793. The standard InChI is InChI=1S/C70H50O15/c71-42-11-3-35(4-12-42)60-64-53(65-59(33-58(64)85-70(60)41-26-50(79)30-51(80)27-41)84-67(36-5-13-43(72)14-6-36)61(65)39-22-46(75)28-47(76)23-39)19-1-34-2-20-56-54(21-34)63(69(82-56)38-9-17-45(74)18-10-38)55-31-52(81)32-57-66(55)62(40-24-48(77)29-49(78)25-40)68(83-57)37-7-15-44(73)16-8-37/h1-33,61-63,67-69,71-81H. The molecule has 420 valence electrons. The minimum absolute atomic E-state index is 0.00379. The number of hydrogen-bond acceptors (Lipinski definition) is 15. The van der Waals surface area contributed by atoms with Gasteiger partial charge in [0.25, 0.3) is 0 Å². The molecule has 6 atom stereocenters. The molecule has 0 amide bonds. The Morgan fingerprint density at radius 3 is 1.26 bits per heavy atom. The molecule has 0 bridgehead atoms. The van der Waals surface area contributed by atoms with Crippen LogP contribution in [0.1, 0.15) is 97.3 Å². The summed E-state index contributed by atoms with van der Waals surface area (Å²) in [5, 5.41) is 120. The first-order valence-corrected chi connectivity index (χ1v) is 27.1. The SMILES string of the molecule is Oc1ccc(-c2c(-c3cc(O)cc(O)c3)oc3cc4c(c(C=Cc5ccc6c(c5)C(c5cc(O)cc7c5C(c5cc(O)cc(O)c5)C(c5ccc(O)cc5)O7)C(c5ccc(O)cc5)O6)c23)C(c2cc(O)cc(O)c2)C(c2ccc(O)cc2)O4)cc1. The van der Waals surface area contributed by atoms with Crippen LogP contribution in [-0.2, 0) is 0 Å². The molecular formula is C70H50O15. The topological polar surface area (TPSA) is 263 Å². The summed E-state index contributed by atoms with van der Waals surface area (Å²) in [6.45, 7) is 0. The summed E-state index contributed by atoms with van der Waals surface area (Å²) >= 11 is 0. The van der Waals surface area contributed by atoms with E-state index in [-0.39, 0.29) is 69.0 Å². The molecule has 0 radical (unpaired) electrons. The van der Waals surface area contributed by atoms with Crippen LogP contribution in [0.15, 0.2) is 192 Å². The fourth-order valence-corrected chi connectivity index (χ4v) is 12.7. The summed E-state index contributed by atoms with van der Waals surface area (Å²) in [6, 6.07) is 49.8. The molecule has 15 nitrogen and oxygen atoms in total. The minimum Gasteiger partial charge on any atom is -0.508 e. The lowest BCUT2D eigenvalue weighted by atomic mass is 9.76. The van der Waals surface area contributed by atoms with Gasteiger partial charge in [0.2, 0.25) is 0 Å². The summed E-state index contributed by atoms with van der Waals surface area (Å²) in [5.74, 6) is -1.86. The van der Waals surface area contributed by atoms with Gasteiger partial charge in [-0.15, -0.1) is 0 Å². The van der Waals surface area contributed by atoms with E-state index >= 15 is 0 Å². The second-order valence-corrected chi connectivity index (χ2v) is 21.6. The third-order valence-electron chi connectivity index (χ3n) is 16.2. The largest absolute Gasteiger partial charge is 0.508 e. The van der Waals surface area contributed by atoms with Gasteiger partial charge in [-0.05, 0) is 153 Å². The Labute approximate surface area is 484 Å². The molecule has 15 heteroatoms. The van der Waals surface area contributed by atoms with Gasteiger partial charge in [0.15, 0.2) is 0 Å². The van der Waals surface area contributed by atoms with Gasteiger partial charge < -0.3 is 74.8 Å². The second kappa shape index (κ2) is 20.0. The first kappa shape index (κ1) is 51.8. The van der Waals surface area contributed by atoms with Gasteiger partial charge in [-0.3, -0.25) is 0 Å². The average Bonchev–Trinajstić information content (AvgIpc) is 1.93. The highest BCUT2D eigenvalue weighted by atomic mass is 16.5. The molecule has 10 aromatic carbocycles. The van der Waals surface area contributed by atoms with E-state index < -0.39 is 36.1 Å². The molecule has 1 aromatic heterocycles. The molecule has 3 aliphatic heterocycles. The Bertz CT molecular complexity index is 4430. The maximum absolute atomic E-state index is 11.7. The second-order valence-electron chi connectivity index (χ2n) is 21.6. The van der Waals surface area contributed by atoms with E-state index in [1.807, 2.05) is 30.4 Å². The zero-order valence-electron chi connectivity index (χ0n) is 44.6. The predicted molar refractivity (Wildman–Crippen MR) is 315 cm³/mol. The van der Waals surface area contributed by atoms with E-state index in [4.69, 9.17) is 18.6 Å². The number of rotatable bonds is 10. The molecule has 11 N–H and O–H groups in total. The van der Waals surface area contributed by atoms with Gasteiger partial charge in [0.1, 0.15) is 110 Å². The quantitative estimate of drug-likeness (QED) is 0.0569. The number of furan rings is 1. The smallest absolute Gasteiger partial charge is 0.143 e. The van der Waals surface area contributed by atoms with Crippen LogP contribution in [-0.4, -0.2) is 56.2 Å². The van der Waals surface area contributed by atoms with Gasteiger partial charge in [-0.25, -0.2) is 0 Å². The average molecular weight is 1130 g/mol. The first-order valence-electron chi connectivity index (χ1n) is 27.1. The van der Waals surface area contributed by atoms with E-state index in [0.29, 0.717) is 106 Å². The number of benzene rings is 10. The van der Waals surface area contributed by atoms with Crippen molar-refractivity contribution in [3.63, 3.8) is 0 Å². The lowest BCUT2D eigenvalue weighted by Crippen LogP contribution is -2.16. The molecule has 14 rings (SSSR count). The molecule has 0 aliphatic carbocycles. The molecule has 4 heterocycles. The van der Waals surface area contributed by atoms with Gasteiger partial charge >= 0.3 is 0 Å². The van der Waals surface area contributed by atoms with Crippen molar-refractivity contribution in [1.82, 2.24) is 0 Å². The Morgan fingerprint density at radius 1 is 0.306 bits per heavy atom. The van der Waals surface area contributed by atoms with Crippen LogP contribution in [0.3, 0.4) is 0 Å². The van der Waals surface area contributed by atoms with E-state index in [2.05, 4.69) is 0 Å². The van der Waals surface area contributed by atoms with Crippen molar-refractivity contribution in [1.29, 1.82) is 0 Å². The lowest BCUT2D eigenvalue weighted by molar-refractivity contribution is 0.220. The van der Waals surface area contributed by atoms with Crippen molar-refractivity contribution in [2.75, 3.05) is 0 Å². The van der Waals surface area contributed by atoms with E-state index in [1.165, 1.54) is 48.5 Å². The van der Waals surface area contributed by atoms with Gasteiger partial charge in [-0.1, -0.05) is 66.7 Å². The van der Waals surface area contributed by atoms with E-state index in [9.17, 15) is 56.2 Å². The molecule has 11 aromatic rings. The number of ether oxygens (including phenoxy) is 3. The van der Waals surface area contributed by atoms with E-state index in [1.54, 1.807) is 121 Å². The fourth-order valence-electron chi connectivity index (χ4n) is 12.7. The monoisotopic (exact) mass is 1130 g/mol. The number of phenols is 11. The van der Waals surface area contributed by atoms with Crippen LogP contribution in [0, 0.1) is 0 Å². The molecule has 3 aliphatic rings. The number of aromatic hydroxyl groups is 11. The lowest BCUT2D eigenvalue weighted by Gasteiger charge is -2.26. The van der Waals surface area contributed by atoms with E-state index in [0.717, 1.165) is 0 Å². The highest BCUT2D eigenvalue weighted by molar-refractivity contribution is 6.08. The van der Waals surface area contributed by atoms with Gasteiger partial charge in [-0.2, -0.15) is 0 Å². The summed E-state index contributed by atoms with van der Waals surface area (Å²) < 4.78 is 27.5. The van der Waals surface area contributed by atoms with Crippen molar-refractivity contribution >= 4 is 23.1 Å². The zero-order valence-corrected chi connectivity index (χ0v) is 44.6. The summed E-state index contributed by atoms with van der Waals surface area (Å²) in [4.78, 5) is 0. The highest BCUT2D eigenvalue weighted by Crippen LogP contribution is 2.60. The van der Waals surface area contributed by atoms with Crippen molar-refractivity contribution in [2.24, 2.45) is 0 Å². The normalized spacial score (nSPS) is 18.4. The number of hydrogen-bond donors (Lipinski definition) is 11. The van der Waals surface area contributed by atoms with Crippen LogP contribution < -0.4 is 14.2 Å².